The Hall–Kier alpha value is -1.60. The van der Waals surface area contributed by atoms with Crippen molar-refractivity contribution in [2.75, 3.05) is 13.2 Å². The molecule has 6 nitrogen and oxygen atoms in total. The Bertz CT molecular complexity index is 636. The van der Waals surface area contributed by atoms with Crippen molar-refractivity contribution >= 4 is 15.9 Å². The maximum Gasteiger partial charge on any atom is 0.258 e. The van der Waals surface area contributed by atoms with Gasteiger partial charge in [-0.3, -0.25) is 4.79 Å². The summed E-state index contributed by atoms with van der Waals surface area (Å²) in [6, 6.07) is 6.35. The molecule has 25 heavy (non-hydrogen) atoms. The summed E-state index contributed by atoms with van der Waals surface area (Å²) in [4.78, 5) is 12.2. The number of benzene rings is 1. The van der Waals surface area contributed by atoms with Crippen molar-refractivity contribution in [1.29, 1.82) is 0 Å². The van der Waals surface area contributed by atoms with Crippen LogP contribution in [0.15, 0.2) is 29.2 Å². The summed E-state index contributed by atoms with van der Waals surface area (Å²) in [7, 11) is -3.48. The van der Waals surface area contributed by atoms with E-state index in [0.29, 0.717) is 12.3 Å². The molecule has 0 bridgehead atoms. The van der Waals surface area contributed by atoms with Crippen LogP contribution in [0.25, 0.3) is 0 Å². The average Bonchev–Trinajstić information content (AvgIpc) is 2.87. The zero-order valence-electron chi connectivity index (χ0n) is 14.8. The molecule has 0 spiro atoms. The van der Waals surface area contributed by atoms with Crippen molar-refractivity contribution in [3.63, 3.8) is 0 Å². The molecule has 1 amide bonds. The van der Waals surface area contributed by atoms with Crippen molar-refractivity contribution in [2.45, 2.75) is 62.8 Å². The summed E-state index contributed by atoms with van der Waals surface area (Å²) in [5.41, 5.74) is 0. The quantitative estimate of drug-likeness (QED) is 0.691. The van der Waals surface area contributed by atoms with Gasteiger partial charge in [0.15, 0.2) is 6.61 Å². The Balaban J connectivity index is 1.81. The van der Waals surface area contributed by atoms with Gasteiger partial charge in [-0.1, -0.05) is 32.6 Å². The first-order chi connectivity index (χ1) is 12.0. The smallest absolute Gasteiger partial charge is 0.258 e. The number of nitrogens with one attached hydrogen (secondary N) is 2. The average molecular weight is 368 g/mol. The number of ether oxygens (including phenoxy) is 1. The van der Waals surface area contributed by atoms with Crippen molar-refractivity contribution in [3.05, 3.63) is 24.3 Å². The lowest BCUT2D eigenvalue weighted by atomic mass is 10.1. The molecule has 2 rings (SSSR count). The topological polar surface area (TPSA) is 84.5 Å². The van der Waals surface area contributed by atoms with E-state index in [9.17, 15) is 13.2 Å². The maximum atomic E-state index is 12.0. The lowest BCUT2D eigenvalue weighted by Crippen LogP contribution is -2.37. The van der Waals surface area contributed by atoms with E-state index in [2.05, 4.69) is 10.0 Å². The van der Waals surface area contributed by atoms with Gasteiger partial charge < -0.3 is 10.1 Å². The number of hydrogen-bond acceptors (Lipinski definition) is 4. The first-order valence-electron chi connectivity index (χ1n) is 9.03. The van der Waals surface area contributed by atoms with Crippen LogP contribution in [-0.2, 0) is 14.8 Å². The minimum absolute atomic E-state index is 0.0588. The molecular formula is C18H28N2O4S. The number of sulfonamides is 1. The maximum absolute atomic E-state index is 12.0. The van der Waals surface area contributed by atoms with Gasteiger partial charge in [-0.05, 0) is 43.5 Å². The number of rotatable bonds is 8. The second kappa shape index (κ2) is 9.77. The first kappa shape index (κ1) is 19.7. The number of hydrogen-bond donors (Lipinski definition) is 2. The molecule has 0 radical (unpaired) electrons. The molecule has 2 N–H and O–H groups in total. The van der Waals surface area contributed by atoms with Gasteiger partial charge in [0.1, 0.15) is 5.75 Å². The van der Waals surface area contributed by atoms with E-state index in [4.69, 9.17) is 4.74 Å². The van der Waals surface area contributed by atoms with Crippen molar-refractivity contribution in [2.24, 2.45) is 0 Å². The van der Waals surface area contributed by atoms with Crippen molar-refractivity contribution in [1.82, 2.24) is 10.0 Å². The van der Waals surface area contributed by atoms with Gasteiger partial charge in [-0.25, -0.2) is 13.1 Å². The van der Waals surface area contributed by atoms with Crippen LogP contribution in [0.3, 0.4) is 0 Å². The highest BCUT2D eigenvalue weighted by molar-refractivity contribution is 7.89. The van der Waals surface area contributed by atoms with Gasteiger partial charge in [-0.15, -0.1) is 0 Å². The third kappa shape index (κ3) is 6.66. The molecule has 0 aliphatic heterocycles. The van der Waals surface area contributed by atoms with Crippen LogP contribution in [0, 0.1) is 0 Å². The third-order valence-electron chi connectivity index (χ3n) is 4.27. The SMILES string of the molecule is CCCNS(=O)(=O)c1ccc(OCC(=O)NC2CCCCCC2)cc1. The summed E-state index contributed by atoms with van der Waals surface area (Å²) >= 11 is 0. The molecule has 0 aromatic heterocycles. The van der Waals surface area contributed by atoms with Crippen LogP contribution in [-0.4, -0.2) is 33.5 Å². The van der Waals surface area contributed by atoms with E-state index >= 15 is 0 Å². The van der Waals surface area contributed by atoms with Crippen LogP contribution < -0.4 is 14.8 Å². The van der Waals surface area contributed by atoms with E-state index in [-0.39, 0.29) is 23.5 Å². The second-order valence-corrected chi connectivity index (χ2v) is 8.18. The molecule has 1 aliphatic rings. The second-order valence-electron chi connectivity index (χ2n) is 6.41. The molecule has 0 unspecified atom stereocenters. The molecule has 1 saturated carbocycles. The third-order valence-corrected chi connectivity index (χ3v) is 5.74. The Morgan fingerprint density at radius 2 is 1.76 bits per heavy atom. The van der Waals surface area contributed by atoms with Gasteiger partial charge in [-0.2, -0.15) is 0 Å². The summed E-state index contributed by atoms with van der Waals surface area (Å²) in [5.74, 6) is 0.346. The zero-order valence-corrected chi connectivity index (χ0v) is 15.6. The van der Waals surface area contributed by atoms with Crippen LogP contribution >= 0.6 is 0 Å². The molecule has 1 aliphatic carbocycles. The molecule has 140 valence electrons. The van der Waals surface area contributed by atoms with E-state index in [0.717, 1.165) is 32.1 Å². The monoisotopic (exact) mass is 368 g/mol. The zero-order chi connectivity index (χ0) is 18.1. The Kier molecular flexibility index (Phi) is 7.71. The van der Waals surface area contributed by atoms with Gasteiger partial charge in [0.25, 0.3) is 5.91 Å². The van der Waals surface area contributed by atoms with Crippen molar-refractivity contribution in [3.8, 4) is 5.75 Å². The fraction of sp³-hybridized carbons (Fsp3) is 0.611. The minimum Gasteiger partial charge on any atom is -0.484 e. The highest BCUT2D eigenvalue weighted by Crippen LogP contribution is 2.18. The summed E-state index contributed by atoms with van der Waals surface area (Å²) in [6.07, 6.45) is 7.60. The van der Waals surface area contributed by atoms with E-state index in [1.165, 1.54) is 25.0 Å². The fourth-order valence-corrected chi connectivity index (χ4v) is 4.01. The Morgan fingerprint density at radius 3 is 2.36 bits per heavy atom. The van der Waals surface area contributed by atoms with Gasteiger partial charge in [0.05, 0.1) is 4.90 Å². The van der Waals surface area contributed by atoms with Gasteiger partial charge in [0, 0.05) is 12.6 Å². The summed E-state index contributed by atoms with van der Waals surface area (Å²) in [6.45, 7) is 2.25. The van der Waals surface area contributed by atoms with Gasteiger partial charge in [0.2, 0.25) is 10.0 Å². The van der Waals surface area contributed by atoms with Crippen LogP contribution in [0.1, 0.15) is 51.9 Å². The van der Waals surface area contributed by atoms with Crippen molar-refractivity contribution < 1.29 is 17.9 Å². The molecular weight excluding hydrogens is 340 g/mol. The number of carbonyl (C=O) groups excluding carboxylic acids is 1. The standard InChI is InChI=1S/C18H28N2O4S/c1-2-13-19-25(22,23)17-11-9-16(10-12-17)24-14-18(21)20-15-7-5-3-4-6-8-15/h9-12,15,19H,2-8,13-14H2,1H3,(H,20,21). The van der Waals surface area contributed by atoms with Crippen LogP contribution in [0.5, 0.6) is 5.75 Å². The van der Waals surface area contributed by atoms with Crippen LogP contribution in [0.2, 0.25) is 0 Å². The Morgan fingerprint density at radius 1 is 1.12 bits per heavy atom. The highest BCUT2D eigenvalue weighted by Gasteiger charge is 2.15. The lowest BCUT2D eigenvalue weighted by Gasteiger charge is -2.16. The molecule has 1 aromatic rings. The largest absolute Gasteiger partial charge is 0.484 e. The molecule has 0 atom stereocenters. The number of amides is 1. The minimum atomic E-state index is -3.48. The van der Waals surface area contributed by atoms with Gasteiger partial charge >= 0.3 is 0 Å². The number of carbonyl (C=O) groups is 1. The van der Waals surface area contributed by atoms with E-state index in [1.807, 2.05) is 6.92 Å². The molecule has 0 saturated heterocycles. The summed E-state index contributed by atoms with van der Waals surface area (Å²) in [5, 5.41) is 3.02. The molecule has 1 fully saturated rings. The molecule has 0 heterocycles. The fourth-order valence-electron chi connectivity index (χ4n) is 2.88. The van der Waals surface area contributed by atoms with E-state index in [1.54, 1.807) is 12.1 Å². The predicted molar refractivity (Wildman–Crippen MR) is 97.0 cm³/mol. The Labute approximate surface area is 150 Å². The first-order valence-corrected chi connectivity index (χ1v) is 10.5. The lowest BCUT2D eigenvalue weighted by molar-refractivity contribution is -0.123. The van der Waals surface area contributed by atoms with E-state index < -0.39 is 10.0 Å². The molecule has 1 aromatic carbocycles. The predicted octanol–water partition coefficient (Wildman–Crippen LogP) is 2.59. The molecule has 7 heteroatoms. The summed E-state index contributed by atoms with van der Waals surface area (Å²) < 4.78 is 32.0. The highest BCUT2D eigenvalue weighted by atomic mass is 32.2. The normalized spacial score (nSPS) is 16.2. The van der Waals surface area contributed by atoms with Crippen LogP contribution in [0.4, 0.5) is 0 Å².